The van der Waals surface area contributed by atoms with Gasteiger partial charge in [0.25, 0.3) is 0 Å². The lowest BCUT2D eigenvalue weighted by Crippen LogP contribution is -2.62. The average Bonchev–Trinajstić information content (AvgIpc) is 3.47. The van der Waals surface area contributed by atoms with Gasteiger partial charge in [0.2, 0.25) is 5.91 Å². The molecular formula is C29H42N2O4. The Bertz CT molecular complexity index is 1010. The minimum atomic E-state index is -0.663. The molecule has 1 aromatic heterocycles. The maximum absolute atomic E-state index is 12.7. The van der Waals surface area contributed by atoms with Crippen molar-refractivity contribution in [3.05, 3.63) is 34.4 Å². The zero-order chi connectivity index (χ0) is 24.4. The number of carbonyl (C=O) groups excluding carboxylic acids is 1. The standard InChI is InChI=1S/C29H42N2O4/c1-27-12-9-20(31-26(33)24-4-3-15-30-24)16-19(27)6-7-23-22(27)10-13-28(2)21(11-14-29(23,28)34)18-5-8-25(32)35-17-18/h5,8,17,19-24,30,34H,3-4,6-7,9-16H2,1-2H3,(H,31,33)/t19-,20+,21-,22+,23-,24+,27+,28-,29+/m1/s1. The fourth-order valence-corrected chi connectivity index (χ4v) is 9.67. The van der Waals surface area contributed by atoms with Crippen molar-refractivity contribution in [2.45, 2.75) is 108 Å². The summed E-state index contributed by atoms with van der Waals surface area (Å²) in [6.45, 7) is 5.74. The molecule has 6 nitrogen and oxygen atoms in total. The molecule has 2 heterocycles. The van der Waals surface area contributed by atoms with Gasteiger partial charge in [0.05, 0.1) is 17.9 Å². The van der Waals surface area contributed by atoms with Crippen LogP contribution in [0.2, 0.25) is 0 Å². The van der Waals surface area contributed by atoms with Crippen LogP contribution in [0.25, 0.3) is 0 Å². The number of carbonyl (C=O) groups is 1. The zero-order valence-electron chi connectivity index (χ0n) is 21.4. The van der Waals surface area contributed by atoms with Gasteiger partial charge in [-0.3, -0.25) is 4.79 Å². The van der Waals surface area contributed by atoms with E-state index in [-0.39, 0.29) is 34.3 Å². The first-order valence-corrected chi connectivity index (χ1v) is 14.1. The number of nitrogens with one attached hydrogen (secondary N) is 2. The van der Waals surface area contributed by atoms with E-state index >= 15 is 0 Å². The Morgan fingerprint density at radius 2 is 1.91 bits per heavy atom. The molecule has 1 amide bonds. The highest BCUT2D eigenvalue weighted by Crippen LogP contribution is 2.70. The topological polar surface area (TPSA) is 91.6 Å². The van der Waals surface area contributed by atoms with E-state index in [2.05, 4.69) is 24.5 Å². The molecule has 4 aliphatic carbocycles. The van der Waals surface area contributed by atoms with Crippen LogP contribution < -0.4 is 16.3 Å². The fraction of sp³-hybridized carbons (Fsp3) is 0.793. The van der Waals surface area contributed by atoms with Crippen LogP contribution in [0.3, 0.4) is 0 Å². The molecule has 9 atom stereocenters. The van der Waals surface area contributed by atoms with Crippen molar-refractivity contribution >= 4 is 5.91 Å². The zero-order valence-corrected chi connectivity index (χ0v) is 21.4. The van der Waals surface area contributed by atoms with Gasteiger partial charge in [-0.25, -0.2) is 4.79 Å². The van der Waals surface area contributed by atoms with Crippen molar-refractivity contribution in [2.24, 2.45) is 28.6 Å². The maximum atomic E-state index is 12.7. The molecule has 3 N–H and O–H groups in total. The van der Waals surface area contributed by atoms with Crippen molar-refractivity contribution in [2.75, 3.05) is 6.54 Å². The molecular weight excluding hydrogens is 440 g/mol. The van der Waals surface area contributed by atoms with Crippen LogP contribution in [0.5, 0.6) is 0 Å². The highest BCUT2D eigenvalue weighted by Gasteiger charge is 2.67. The van der Waals surface area contributed by atoms with Crippen LogP contribution in [0, 0.1) is 28.6 Å². The van der Waals surface area contributed by atoms with Gasteiger partial charge in [-0.1, -0.05) is 13.8 Å². The molecule has 1 aliphatic heterocycles. The first-order valence-electron chi connectivity index (χ1n) is 14.1. The summed E-state index contributed by atoms with van der Waals surface area (Å²) in [6, 6.07) is 3.72. The predicted octanol–water partition coefficient (Wildman–Crippen LogP) is 4.12. The molecule has 1 aromatic rings. The van der Waals surface area contributed by atoms with Gasteiger partial charge >= 0.3 is 5.63 Å². The first kappa shape index (κ1) is 23.7. The third-order valence-corrected chi connectivity index (χ3v) is 11.7. The molecule has 35 heavy (non-hydrogen) atoms. The molecule has 6 rings (SSSR count). The van der Waals surface area contributed by atoms with E-state index in [0.29, 0.717) is 23.8 Å². The van der Waals surface area contributed by atoms with Gasteiger partial charge in [-0.15, -0.1) is 0 Å². The molecule has 0 aromatic carbocycles. The number of amides is 1. The van der Waals surface area contributed by atoms with Crippen molar-refractivity contribution < 1.29 is 14.3 Å². The first-order chi connectivity index (χ1) is 16.7. The number of aliphatic hydroxyl groups is 1. The average molecular weight is 483 g/mol. The van der Waals surface area contributed by atoms with Gasteiger partial charge in [-0.2, -0.15) is 0 Å². The van der Waals surface area contributed by atoms with Crippen LogP contribution in [0.15, 0.2) is 27.6 Å². The third kappa shape index (κ3) is 3.57. The van der Waals surface area contributed by atoms with Gasteiger partial charge in [0, 0.05) is 17.5 Å². The molecule has 0 unspecified atom stereocenters. The van der Waals surface area contributed by atoms with Crippen LogP contribution in [0.4, 0.5) is 0 Å². The Labute approximate surface area is 208 Å². The van der Waals surface area contributed by atoms with Gasteiger partial charge in [0.1, 0.15) is 0 Å². The summed E-state index contributed by atoms with van der Waals surface area (Å²) in [5.74, 6) is 1.92. The lowest BCUT2D eigenvalue weighted by atomic mass is 9.43. The molecule has 0 spiro atoms. The van der Waals surface area contributed by atoms with E-state index in [4.69, 9.17) is 4.42 Å². The summed E-state index contributed by atoms with van der Waals surface area (Å²) in [5, 5.41) is 19.1. The Hall–Kier alpha value is -1.66. The van der Waals surface area contributed by atoms with Crippen LogP contribution >= 0.6 is 0 Å². The van der Waals surface area contributed by atoms with E-state index in [0.717, 1.165) is 82.7 Å². The van der Waals surface area contributed by atoms with E-state index in [1.54, 1.807) is 6.26 Å². The number of rotatable bonds is 3. The smallest absolute Gasteiger partial charge is 0.335 e. The Morgan fingerprint density at radius 1 is 1.06 bits per heavy atom. The lowest BCUT2D eigenvalue weighted by molar-refractivity contribution is -0.202. The van der Waals surface area contributed by atoms with E-state index in [9.17, 15) is 14.7 Å². The molecule has 192 valence electrons. The fourth-order valence-electron chi connectivity index (χ4n) is 9.67. The summed E-state index contributed by atoms with van der Waals surface area (Å²) in [6.07, 6.45) is 13.1. The van der Waals surface area contributed by atoms with Crippen LogP contribution in [0.1, 0.15) is 96.0 Å². The largest absolute Gasteiger partial charge is 0.431 e. The van der Waals surface area contributed by atoms with E-state index < -0.39 is 5.60 Å². The molecule has 5 aliphatic rings. The highest BCUT2D eigenvalue weighted by atomic mass is 16.4. The van der Waals surface area contributed by atoms with Gasteiger partial charge < -0.3 is 20.2 Å². The van der Waals surface area contributed by atoms with Crippen LogP contribution in [-0.4, -0.2) is 35.2 Å². The summed E-state index contributed by atoms with van der Waals surface area (Å²) in [7, 11) is 0. The second kappa shape index (κ2) is 8.44. The normalized spacial score (nSPS) is 46.9. The number of fused-ring (bicyclic) bond motifs is 5. The summed E-state index contributed by atoms with van der Waals surface area (Å²) < 4.78 is 5.22. The minimum Gasteiger partial charge on any atom is -0.431 e. The summed E-state index contributed by atoms with van der Waals surface area (Å²) in [4.78, 5) is 24.2. The number of hydrogen-bond acceptors (Lipinski definition) is 5. The quantitative estimate of drug-likeness (QED) is 0.603. The summed E-state index contributed by atoms with van der Waals surface area (Å²) in [5.41, 5.74) is 0.147. The second-order valence-corrected chi connectivity index (χ2v) is 13.0. The minimum absolute atomic E-state index is 0.00253. The van der Waals surface area contributed by atoms with Crippen molar-refractivity contribution in [1.82, 2.24) is 10.6 Å². The molecule has 5 fully saturated rings. The molecule has 0 bridgehead atoms. The Kier molecular flexibility index (Phi) is 5.72. The summed E-state index contributed by atoms with van der Waals surface area (Å²) >= 11 is 0. The highest BCUT2D eigenvalue weighted by molar-refractivity contribution is 5.82. The van der Waals surface area contributed by atoms with Gasteiger partial charge in [-0.05, 0) is 118 Å². The molecule has 4 saturated carbocycles. The number of hydrogen-bond donors (Lipinski definition) is 3. The SMILES string of the molecule is C[C@]12CC[C@H](NC(=O)[C@@H]3CCCN3)C[C@H]1CC[C@@H]1[C@@H]2CC[C@]2(C)[C@@H](c3ccc(=O)oc3)CC[C@]12O. The third-order valence-electron chi connectivity index (χ3n) is 11.7. The Balaban J connectivity index is 1.19. The molecule has 1 saturated heterocycles. The Morgan fingerprint density at radius 3 is 2.66 bits per heavy atom. The molecule has 0 radical (unpaired) electrons. The lowest BCUT2D eigenvalue weighted by Gasteiger charge is -2.63. The second-order valence-electron chi connectivity index (χ2n) is 13.0. The van der Waals surface area contributed by atoms with Gasteiger partial charge in [0.15, 0.2) is 0 Å². The van der Waals surface area contributed by atoms with Crippen LogP contribution in [-0.2, 0) is 4.79 Å². The van der Waals surface area contributed by atoms with E-state index in [1.165, 1.54) is 6.07 Å². The van der Waals surface area contributed by atoms with Crippen molar-refractivity contribution in [3.8, 4) is 0 Å². The predicted molar refractivity (Wildman–Crippen MR) is 134 cm³/mol. The maximum Gasteiger partial charge on any atom is 0.335 e. The van der Waals surface area contributed by atoms with Crippen molar-refractivity contribution in [3.63, 3.8) is 0 Å². The monoisotopic (exact) mass is 482 g/mol. The van der Waals surface area contributed by atoms with E-state index in [1.807, 2.05) is 6.07 Å². The van der Waals surface area contributed by atoms with Crippen molar-refractivity contribution in [1.29, 1.82) is 0 Å². The molecule has 6 heteroatoms.